The summed E-state index contributed by atoms with van der Waals surface area (Å²) in [5.41, 5.74) is 2.77. The van der Waals surface area contributed by atoms with Gasteiger partial charge in [-0.15, -0.1) is 0 Å². The maximum absolute atomic E-state index is 8.84. The van der Waals surface area contributed by atoms with Gasteiger partial charge < -0.3 is 5.32 Å². The van der Waals surface area contributed by atoms with Crippen molar-refractivity contribution in [1.29, 1.82) is 5.26 Å². The van der Waals surface area contributed by atoms with Gasteiger partial charge in [-0.05, 0) is 45.1 Å². The number of aryl methyl sites for hydroxylation is 1. The molecule has 1 aliphatic carbocycles. The van der Waals surface area contributed by atoms with Crippen LogP contribution in [0, 0.1) is 18.3 Å². The summed E-state index contributed by atoms with van der Waals surface area (Å²) in [6.07, 6.45) is 8.46. The van der Waals surface area contributed by atoms with E-state index in [9.17, 15) is 0 Å². The summed E-state index contributed by atoms with van der Waals surface area (Å²) in [5.74, 6) is 0.558. The van der Waals surface area contributed by atoms with Crippen molar-refractivity contribution in [2.45, 2.75) is 39.0 Å². The number of rotatable bonds is 4. The molecular weight excluding hydrogens is 224 g/mol. The molecule has 0 spiro atoms. The third kappa shape index (κ3) is 3.56. The number of hydrogen-bond donors (Lipinski definition) is 1. The summed E-state index contributed by atoms with van der Waals surface area (Å²) in [4.78, 5) is 8.40. The quantitative estimate of drug-likeness (QED) is 0.824. The maximum atomic E-state index is 8.84. The second-order valence-corrected chi connectivity index (χ2v) is 4.61. The Kier molecular flexibility index (Phi) is 4.30. The summed E-state index contributed by atoms with van der Waals surface area (Å²) in [5, 5.41) is 12.0. The van der Waals surface area contributed by atoms with Crippen LogP contribution in [0.5, 0.6) is 0 Å². The van der Waals surface area contributed by atoms with E-state index >= 15 is 0 Å². The molecule has 4 nitrogen and oxygen atoms in total. The van der Waals surface area contributed by atoms with E-state index < -0.39 is 0 Å². The largest absolute Gasteiger partial charge is 0.354 e. The van der Waals surface area contributed by atoms with E-state index in [-0.39, 0.29) is 0 Å². The van der Waals surface area contributed by atoms with Crippen LogP contribution in [0.4, 0.5) is 5.95 Å². The Morgan fingerprint density at radius 1 is 1.39 bits per heavy atom. The first-order valence-electron chi connectivity index (χ1n) is 6.45. The molecule has 94 valence electrons. The highest BCUT2D eigenvalue weighted by Gasteiger charge is 2.04. The van der Waals surface area contributed by atoms with Crippen LogP contribution in [-0.2, 0) is 0 Å². The summed E-state index contributed by atoms with van der Waals surface area (Å²) in [6.45, 7) is 2.71. The van der Waals surface area contributed by atoms with Gasteiger partial charge in [-0.1, -0.05) is 11.6 Å². The average Bonchev–Trinajstić information content (AvgIpc) is 2.39. The van der Waals surface area contributed by atoms with Crippen molar-refractivity contribution in [1.82, 2.24) is 9.97 Å². The van der Waals surface area contributed by atoms with Crippen LogP contribution in [0.3, 0.4) is 0 Å². The van der Waals surface area contributed by atoms with Crippen LogP contribution in [0.2, 0.25) is 0 Å². The van der Waals surface area contributed by atoms with Crippen molar-refractivity contribution in [2.24, 2.45) is 0 Å². The Morgan fingerprint density at radius 3 is 3.00 bits per heavy atom. The van der Waals surface area contributed by atoms with Crippen molar-refractivity contribution >= 4 is 5.95 Å². The number of nitriles is 1. The number of nitrogens with one attached hydrogen (secondary N) is 1. The lowest BCUT2D eigenvalue weighted by molar-refractivity contribution is 0.679. The zero-order valence-electron chi connectivity index (χ0n) is 10.7. The predicted octanol–water partition coefficient (Wildman–Crippen LogP) is 2.96. The molecule has 1 N–H and O–H groups in total. The second-order valence-electron chi connectivity index (χ2n) is 4.61. The topological polar surface area (TPSA) is 61.6 Å². The fraction of sp³-hybridized carbons (Fsp3) is 0.500. The van der Waals surface area contributed by atoms with Gasteiger partial charge in [0.05, 0.1) is 0 Å². The first-order chi connectivity index (χ1) is 8.78. The minimum atomic E-state index is 0.418. The molecule has 0 saturated carbocycles. The molecule has 0 fully saturated rings. The van der Waals surface area contributed by atoms with Gasteiger partial charge in [-0.25, -0.2) is 9.97 Å². The zero-order valence-corrected chi connectivity index (χ0v) is 10.7. The molecule has 1 aromatic heterocycles. The van der Waals surface area contributed by atoms with E-state index in [1.165, 1.54) is 31.3 Å². The SMILES string of the molecule is Cc1cc(C#N)nc(NCCC2=CCCCC2)n1. The van der Waals surface area contributed by atoms with Gasteiger partial charge in [0.2, 0.25) is 5.95 Å². The Balaban J connectivity index is 1.88. The molecular formula is C14H18N4. The van der Waals surface area contributed by atoms with Crippen molar-refractivity contribution < 1.29 is 0 Å². The third-order valence-electron chi connectivity index (χ3n) is 3.08. The van der Waals surface area contributed by atoms with Gasteiger partial charge in [-0.3, -0.25) is 0 Å². The smallest absolute Gasteiger partial charge is 0.224 e. The second kappa shape index (κ2) is 6.15. The number of hydrogen-bond acceptors (Lipinski definition) is 4. The first kappa shape index (κ1) is 12.6. The van der Waals surface area contributed by atoms with Crippen molar-refractivity contribution in [2.75, 3.05) is 11.9 Å². The highest BCUT2D eigenvalue weighted by atomic mass is 15.1. The minimum Gasteiger partial charge on any atom is -0.354 e. The molecule has 0 radical (unpaired) electrons. The molecule has 0 atom stereocenters. The van der Waals surface area contributed by atoms with Crippen LogP contribution in [-0.4, -0.2) is 16.5 Å². The average molecular weight is 242 g/mol. The summed E-state index contributed by atoms with van der Waals surface area (Å²) < 4.78 is 0. The van der Waals surface area contributed by atoms with E-state index in [2.05, 4.69) is 21.4 Å². The van der Waals surface area contributed by atoms with Crippen LogP contribution in [0.1, 0.15) is 43.5 Å². The van der Waals surface area contributed by atoms with E-state index in [0.717, 1.165) is 18.7 Å². The fourth-order valence-electron chi connectivity index (χ4n) is 2.17. The Labute approximate surface area is 108 Å². The molecule has 18 heavy (non-hydrogen) atoms. The Hall–Kier alpha value is -1.89. The standard InChI is InChI=1S/C14H18N4/c1-11-9-13(10-15)18-14(17-11)16-8-7-12-5-3-2-4-6-12/h5,9H,2-4,6-8H2,1H3,(H,16,17,18). The maximum Gasteiger partial charge on any atom is 0.224 e. The van der Waals surface area contributed by atoms with E-state index in [0.29, 0.717) is 11.6 Å². The van der Waals surface area contributed by atoms with Gasteiger partial charge in [0.15, 0.2) is 0 Å². The normalized spacial score (nSPS) is 14.8. The lowest BCUT2D eigenvalue weighted by Crippen LogP contribution is -2.08. The van der Waals surface area contributed by atoms with Crippen LogP contribution in [0.15, 0.2) is 17.7 Å². The monoisotopic (exact) mass is 242 g/mol. The molecule has 0 saturated heterocycles. The third-order valence-corrected chi connectivity index (χ3v) is 3.08. The highest BCUT2D eigenvalue weighted by molar-refractivity contribution is 5.33. The van der Waals surface area contributed by atoms with Crippen LogP contribution in [0.25, 0.3) is 0 Å². The van der Waals surface area contributed by atoms with Gasteiger partial charge in [0, 0.05) is 12.2 Å². The molecule has 0 unspecified atom stereocenters. The van der Waals surface area contributed by atoms with Gasteiger partial charge in [0.25, 0.3) is 0 Å². The Morgan fingerprint density at radius 2 is 2.28 bits per heavy atom. The van der Waals surface area contributed by atoms with Crippen molar-refractivity contribution in [3.05, 3.63) is 29.1 Å². The molecule has 2 rings (SSSR count). The summed E-state index contributed by atoms with van der Waals surface area (Å²) in [6, 6.07) is 3.73. The summed E-state index contributed by atoms with van der Waals surface area (Å²) in [7, 11) is 0. The predicted molar refractivity (Wildman–Crippen MR) is 71.1 cm³/mol. The molecule has 1 aliphatic rings. The van der Waals surface area contributed by atoms with E-state index in [1.807, 2.05) is 13.0 Å². The van der Waals surface area contributed by atoms with Crippen LogP contribution >= 0.6 is 0 Å². The minimum absolute atomic E-state index is 0.418. The molecule has 1 aromatic rings. The zero-order chi connectivity index (χ0) is 12.8. The fourth-order valence-corrected chi connectivity index (χ4v) is 2.17. The van der Waals surface area contributed by atoms with E-state index in [1.54, 1.807) is 6.07 Å². The highest BCUT2D eigenvalue weighted by Crippen LogP contribution is 2.19. The number of nitrogens with zero attached hydrogens (tertiary/aromatic N) is 3. The van der Waals surface area contributed by atoms with Gasteiger partial charge in [0.1, 0.15) is 11.8 Å². The van der Waals surface area contributed by atoms with Crippen LogP contribution < -0.4 is 5.32 Å². The molecule has 0 bridgehead atoms. The molecule has 1 heterocycles. The lowest BCUT2D eigenvalue weighted by atomic mass is 9.97. The Bertz CT molecular complexity index is 485. The van der Waals surface area contributed by atoms with E-state index in [4.69, 9.17) is 5.26 Å². The van der Waals surface area contributed by atoms with Gasteiger partial charge in [-0.2, -0.15) is 5.26 Å². The molecule has 0 aliphatic heterocycles. The van der Waals surface area contributed by atoms with Crippen molar-refractivity contribution in [3.8, 4) is 6.07 Å². The first-order valence-corrected chi connectivity index (χ1v) is 6.45. The van der Waals surface area contributed by atoms with Crippen molar-refractivity contribution in [3.63, 3.8) is 0 Å². The molecule has 0 amide bonds. The molecule has 4 heteroatoms. The number of allylic oxidation sites excluding steroid dienone is 1. The number of anilines is 1. The van der Waals surface area contributed by atoms with Gasteiger partial charge >= 0.3 is 0 Å². The lowest BCUT2D eigenvalue weighted by Gasteiger charge is -2.13. The number of aromatic nitrogens is 2. The molecule has 0 aromatic carbocycles. The summed E-state index contributed by atoms with van der Waals surface area (Å²) >= 11 is 0.